The summed E-state index contributed by atoms with van der Waals surface area (Å²) < 4.78 is 25.8. The molecular formula is C10H13F2N. The zero-order valence-corrected chi connectivity index (χ0v) is 7.99. The van der Waals surface area contributed by atoms with E-state index in [9.17, 15) is 8.78 Å². The smallest absolute Gasteiger partial charge is 0.162 e. The highest BCUT2D eigenvalue weighted by Gasteiger charge is 2.20. The molecule has 3 heteroatoms. The highest BCUT2D eigenvalue weighted by molar-refractivity contribution is 5.33. The van der Waals surface area contributed by atoms with Crippen molar-refractivity contribution in [1.29, 1.82) is 0 Å². The molecule has 1 rings (SSSR count). The first kappa shape index (κ1) is 10.1. The molecule has 0 fully saturated rings. The minimum absolute atomic E-state index is 0.285. The fourth-order valence-corrected chi connectivity index (χ4v) is 1.35. The van der Waals surface area contributed by atoms with Crippen LogP contribution in [0.25, 0.3) is 0 Å². The lowest BCUT2D eigenvalue weighted by atomic mass is 9.91. The van der Waals surface area contributed by atoms with Crippen LogP contribution < -0.4 is 5.73 Å². The number of hydrogen-bond donors (Lipinski definition) is 1. The van der Waals surface area contributed by atoms with Crippen LogP contribution in [0.15, 0.2) is 12.1 Å². The normalized spacial score (nSPS) is 11.8. The fourth-order valence-electron chi connectivity index (χ4n) is 1.35. The minimum Gasteiger partial charge on any atom is -0.322 e. The van der Waals surface area contributed by atoms with E-state index in [1.54, 1.807) is 13.8 Å². The summed E-state index contributed by atoms with van der Waals surface area (Å²) in [5.74, 6) is -1.64. The van der Waals surface area contributed by atoms with E-state index < -0.39 is 17.2 Å². The lowest BCUT2D eigenvalue weighted by Gasteiger charge is -2.21. The molecule has 0 saturated carbocycles. The summed E-state index contributed by atoms with van der Waals surface area (Å²) in [4.78, 5) is 0. The number of benzene rings is 1. The number of hydrogen-bond acceptors (Lipinski definition) is 1. The van der Waals surface area contributed by atoms with Crippen LogP contribution in [0.5, 0.6) is 0 Å². The second-order valence-electron chi connectivity index (χ2n) is 3.76. The van der Waals surface area contributed by atoms with Gasteiger partial charge in [0.1, 0.15) is 0 Å². The summed E-state index contributed by atoms with van der Waals surface area (Å²) in [5, 5.41) is 0. The third kappa shape index (κ3) is 1.86. The minimum atomic E-state index is -0.828. The third-order valence-corrected chi connectivity index (χ3v) is 2.03. The average molecular weight is 185 g/mol. The van der Waals surface area contributed by atoms with Gasteiger partial charge in [0.15, 0.2) is 11.6 Å². The standard InChI is InChI=1S/C10H13F2N/c1-6-7(10(2,3)13)4-5-8(11)9(6)12/h4-5H,13H2,1-3H3. The van der Waals surface area contributed by atoms with Crippen LogP contribution in [-0.2, 0) is 5.54 Å². The van der Waals surface area contributed by atoms with Gasteiger partial charge in [0.05, 0.1) is 0 Å². The highest BCUT2D eigenvalue weighted by Crippen LogP contribution is 2.24. The van der Waals surface area contributed by atoms with Gasteiger partial charge in [-0.25, -0.2) is 8.78 Å². The highest BCUT2D eigenvalue weighted by atomic mass is 19.2. The lowest BCUT2D eigenvalue weighted by molar-refractivity contribution is 0.486. The van der Waals surface area contributed by atoms with Gasteiger partial charge in [0.25, 0.3) is 0 Å². The van der Waals surface area contributed by atoms with Crippen molar-refractivity contribution in [2.45, 2.75) is 26.3 Å². The summed E-state index contributed by atoms with van der Waals surface area (Å²) in [6, 6.07) is 2.63. The molecule has 0 heterocycles. The number of rotatable bonds is 1. The molecule has 0 unspecified atom stereocenters. The molecule has 0 bridgehead atoms. The van der Waals surface area contributed by atoms with Crippen LogP contribution in [0.3, 0.4) is 0 Å². The Morgan fingerprint density at radius 1 is 1.23 bits per heavy atom. The van der Waals surface area contributed by atoms with Gasteiger partial charge in [-0.15, -0.1) is 0 Å². The molecule has 1 aromatic carbocycles. The van der Waals surface area contributed by atoms with Crippen LogP contribution >= 0.6 is 0 Å². The van der Waals surface area contributed by atoms with E-state index in [1.165, 1.54) is 13.0 Å². The van der Waals surface area contributed by atoms with Gasteiger partial charge >= 0.3 is 0 Å². The van der Waals surface area contributed by atoms with E-state index >= 15 is 0 Å². The first-order valence-corrected chi connectivity index (χ1v) is 4.08. The van der Waals surface area contributed by atoms with Crippen LogP contribution in [-0.4, -0.2) is 0 Å². The maximum atomic E-state index is 13.1. The zero-order chi connectivity index (χ0) is 10.2. The quantitative estimate of drug-likeness (QED) is 0.714. The van der Waals surface area contributed by atoms with E-state index in [0.29, 0.717) is 5.56 Å². The Hall–Kier alpha value is -0.960. The van der Waals surface area contributed by atoms with Crippen molar-refractivity contribution in [3.63, 3.8) is 0 Å². The third-order valence-electron chi connectivity index (χ3n) is 2.03. The van der Waals surface area contributed by atoms with Crippen molar-refractivity contribution in [3.05, 3.63) is 34.9 Å². The van der Waals surface area contributed by atoms with Gasteiger partial charge in [0, 0.05) is 5.54 Å². The Labute approximate surface area is 76.6 Å². The Balaban J connectivity index is 3.35. The van der Waals surface area contributed by atoms with E-state index in [4.69, 9.17) is 5.73 Å². The molecule has 72 valence electrons. The van der Waals surface area contributed by atoms with Crippen molar-refractivity contribution in [2.24, 2.45) is 5.73 Å². The van der Waals surface area contributed by atoms with Crippen molar-refractivity contribution in [2.75, 3.05) is 0 Å². The Morgan fingerprint density at radius 3 is 2.23 bits per heavy atom. The topological polar surface area (TPSA) is 26.0 Å². The zero-order valence-electron chi connectivity index (χ0n) is 7.99. The number of nitrogens with two attached hydrogens (primary N) is 1. The molecule has 1 aromatic rings. The van der Waals surface area contributed by atoms with Gasteiger partial charge in [-0.3, -0.25) is 0 Å². The van der Waals surface area contributed by atoms with Crippen LogP contribution in [0.2, 0.25) is 0 Å². The predicted molar refractivity (Wildman–Crippen MR) is 48.3 cm³/mol. The van der Waals surface area contributed by atoms with Gasteiger partial charge in [-0.1, -0.05) is 6.07 Å². The summed E-state index contributed by atoms with van der Waals surface area (Å²) in [6.45, 7) is 5.04. The molecule has 0 spiro atoms. The molecule has 13 heavy (non-hydrogen) atoms. The summed E-state index contributed by atoms with van der Waals surface area (Å²) >= 11 is 0. The SMILES string of the molecule is Cc1c(C(C)(C)N)ccc(F)c1F. The van der Waals surface area contributed by atoms with Gasteiger partial charge in [-0.05, 0) is 38.0 Å². The van der Waals surface area contributed by atoms with Crippen molar-refractivity contribution < 1.29 is 8.78 Å². The van der Waals surface area contributed by atoms with Crippen molar-refractivity contribution >= 4 is 0 Å². The average Bonchev–Trinajstić information content (AvgIpc) is 1.98. The second kappa shape index (κ2) is 3.07. The summed E-state index contributed by atoms with van der Waals surface area (Å²) in [7, 11) is 0. The second-order valence-corrected chi connectivity index (χ2v) is 3.76. The molecule has 0 atom stereocenters. The van der Waals surface area contributed by atoms with Gasteiger partial charge in [0.2, 0.25) is 0 Å². The number of halogens is 2. The van der Waals surface area contributed by atoms with Crippen LogP contribution in [0, 0.1) is 18.6 Å². The Kier molecular flexibility index (Phi) is 2.39. The maximum Gasteiger partial charge on any atom is 0.162 e. The molecule has 0 aliphatic heterocycles. The Morgan fingerprint density at radius 2 is 1.77 bits per heavy atom. The molecule has 0 aromatic heterocycles. The molecule has 2 N–H and O–H groups in total. The fraction of sp³-hybridized carbons (Fsp3) is 0.400. The van der Waals surface area contributed by atoms with Gasteiger partial charge < -0.3 is 5.73 Å². The maximum absolute atomic E-state index is 13.1. The summed E-state index contributed by atoms with van der Waals surface area (Å²) in [6.07, 6.45) is 0. The summed E-state index contributed by atoms with van der Waals surface area (Å²) in [5.41, 5.74) is 6.06. The molecule has 0 amide bonds. The first-order chi connectivity index (χ1) is 5.84. The van der Waals surface area contributed by atoms with E-state index in [2.05, 4.69) is 0 Å². The lowest BCUT2D eigenvalue weighted by Crippen LogP contribution is -2.30. The van der Waals surface area contributed by atoms with Crippen molar-refractivity contribution in [1.82, 2.24) is 0 Å². The monoisotopic (exact) mass is 185 g/mol. The molecule has 1 nitrogen and oxygen atoms in total. The molecule has 0 saturated heterocycles. The van der Waals surface area contributed by atoms with Crippen LogP contribution in [0.4, 0.5) is 8.78 Å². The Bertz CT molecular complexity index is 326. The predicted octanol–water partition coefficient (Wildman–Crippen LogP) is 2.47. The van der Waals surface area contributed by atoms with Crippen LogP contribution in [0.1, 0.15) is 25.0 Å². The first-order valence-electron chi connectivity index (χ1n) is 4.08. The molecule has 0 aliphatic carbocycles. The van der Waals surface area contributed by atoms with Gasteiger partial charge in [-0.2, -0.15) is 0 Å². The largest absolute Gasteiger partial charge is 0.322 e. The molecule has 0 aliphatic rings. The van der Waals surface area contributed by atoms with E-state index in [-0.39, 0.29) is 5.56 Å². The molecular weight excluding hydrogens is 172 g/mol. The molecule has 0 radical (unpaired) electrons. The van der Waals surface area contributed by atoms with E-state index in [1.807, 2.05) is 0 Å². The van der Waals surface area contributed by atoms with E-state index in [0.717, 1.165) is 6.07 Å². The van der Waals surface area contributed by atoms with Crippen molar-refractivity contribution in [3.8, 4) is 0 Å².